The van der Waals surface area contributed by atoms with Crippen LogP contribution in [-0.4, -0.2) is 13.6 Å². The lowest BCUT2D eigenvalue weighted by atomic mass is 9.86. The highest BCUT2D eigenvalue weighted by Crippen LogP contribution is 2.46. The van der Waals surface area contributed by atoms with Gasteiger partial charge in [0.05, 0.1) is 0 Å². The van der Waals surface area contributed by atoms with Crippen LogP contribution in [0.1, 0.15) is 37.3 Å². The number of benzene rings is 1. The van der Waals surface area contributed by atoms with Crippen LogP contribution in [0.3, 0.4) is 0 Å². The molecule has 1 aromatic carbocycles. The molecule has 1 N–H and O–H groups in total. The number of halogens is 1. The van der Waals surface area contributed by atoms with Crippen LogP contribution in [0.25, 0.3) is 0 Å². The second kappa shape index (κ2) is 3.60. The van der Waals surface area contributed by atoms with E-state index in [0.717, 1.165) is 18.5 Å². The molecule has 0 bridgehead atoms. The van der Waals surface area contributed by atoms with E-state index >= 15 is 0 Å². The first-order chi connectivity index (χ1) is 7.06. The standard InChI is InChI=1S/C13H18FN/c1-13(2)7-9(8-15-3)10-5-4-6-11(14)12(10)13/h4-6,9,15H,7-8H2,1-3H3. The highest BCUT2D eigenvalue weighted by molar-refractivity contribution is 5.42. The summed E-state index contributed by atoms with van der Waals surface area (Å²) in [5.74, 6) is 0.409. The smallest absolute Gasteiger partial charge is 0.127 e. The van der Waals surface area contributed by atoms with E-state index in [1.54, 1.807) is 6.07 Å². The van der Waals surface area contributed by atoms with Crippen LogP contribution in [-0.2, 0) is 5.41 Å². The van der Waals surface area contributed by atoms with Gasteiger partial charge in [0, 0.05) is 6.54 Å². The van der Waals surface area contributed by atoms with E-state index in [4.69, 9.17) is 0 Å². The normalized spacial score (nSPS) is 22.8. The van der Waals surface area contributed by atoms with Crippen molar-refractivity contribution in [2.24, 2.45) is 0 Å². The molecular formula is C13H18FN. The summed E-state index contributed by atoms with van der Waals surface area (Å²) in [7, 11) is 1.95. The molecule has 2 heteroatoms. The zero-order valence-corrected chi connectivity index (χ0v) is 9.60. The van der Waals surface area contributed by atoms with Crippen LogP contribution in [0.2, 0.25) is 0 Å². The Hall–Kier alpha value is -0.890. The molecule has 1 unspecified atom stereocenters. The van der Waals surface area contributed by atoms with Crippen molar-refractivity contribution in [3.63, 3.8) is 0 Å². The van der Waals surface area contributed by atoms with Gasteiger partial charge in [-0.3, -0.25) is 0 Å². The zero-order chi connectivity index (χ0) is 11.1. The molecule has 82 valence electrons. The molecule has 1 atom stereocenters. The van der Waals surface area contributed by atoms with E-state index in [-0.39, 0.29) is 11.2 Å². The Labute approximate surface area is 90.7 Å². The predicted octanol–water partition coefficient (Wildman–Crippen LogP) is 2.81. The Kier molecular flexibility index (Phi) is 2.55. The van der Waals surface area contributed by atoms with E-state index in [1.807, 2.05) is 13.1 Å². The third kappa shape index (κ3) is 1.67. The van der Waals surface area contributed by atoms with Gasteiger partial charge in [0.25, 0.3) is 0 Å². The van der Waals surface area contributed by atoms with Gasteiger partial charge in [0.15, 0.2) is 0 Å². The number of hydrogen-bond donors (Lipinski definition) is 1. The van der Waals surface area contributed by atoms with E-state index in [9.17, 15) is 4.39 Å². The van der Waals surface area contributed by atoms with Crippen molar-refractivity contribution in [3.8, 4) is 0 Å². The van der Waals surface area contributed by atoms with Gasteiger partial charge in [-0.2, -0.15) is 0 Å². The number of likely N-dealkylation sites (N-methyl/N-ethyl adjacent to an activating group) is 1. The van der Waals surface area contributed by atoms with Crippen molar-refractivity contribution in [1.82, 2.24) is 5.32 Å². The van der Waals surface area contributed by atoms with Crippen molar-refractivity contribution < 1.29 is 4.39 Å². The maximum absolute atomic E-state index is 13.8. The average molecular weight is 207 g/mol. The molecule has 0 aliphatic heterocycles. The minimum Gasteiger partial charge on any atom is -0.319 e. The van der Waals surface area contributed by atoms with Gasteiger partial charge in [-0.05, 0) is 42.0 Å². The summed E-state index contributed by atoms with van der Waals surface area (Å²) >= 11 is 0. The highest BCUT2D eigenvalue weighted by Gasteiger charge is 2.38. The highest BCUT2D eigenvalue weighted by atomic mass is 19.1. The first kappa shape index (κ1) is 10.6. The Bertz CT molecular complexity index is 371. The van der Waals surface area contributed by atoms with Gasteiger partial charge in [0.2, 0.25) is 0 Å². The van der Waals surface area contributed by atoms with Crippen LogP contribution in [0.4, 0.5) is 4.39 Å². The molecule has 0 aromatic heterocycles. The Morgan fingerprint density at radius 3 is 2.87 bits per heavy atom. The van der Waals surface area contributed by atoms with E-state index < -0.39 is 0 Å². The molecule has 0 saturated heterocycles. The lowest BCUT2D eigenvalue weighted by Gasteiger charge is -2.19. The second-order valence-corrected chi connectivity index (χ2v) is 5.05. The molecule has 1 nitrogen and oxygen atoms in total. The number of hydrogen-bond acceptors (Lipinski definition) is 1. The minimum atomic E-state index is -0.0453. The van der Waals surface area contributed by atoms with E-state index in [0.29, 0.717) is 5.92 Å². The van der Waals surface area contributed by atoms with Gasteiger partial charge in [0.1, 0.15) is 5.82 Å². The lowest BCUT2D eigenvalue weighted by molar-refractivity contribution is 0.450. The molecule has 0 saturated carbocycles. The summed E-state index contributed by atoms with van der Waals surface area (Å²) in [5, 5.41) is 3.19. The summed E-state index contributed by atoms with van der Waals surface area (Å²) in [6.45, 7) is 5.19. The summed E-state index contributed by atoms with van der Waals surface area (Å²) in [5.41, 5.74) is 2.09. The summed E-state index contributed by atoms with van der Waals surface area (Å²) < 4.78 is 13.8. The van der Waals surface area contributed by atoms with Crippen molar-refractivity contribution in [1.29, 1.82) is 0 Å². The molecule has 0 amide bonds. The van der Waals surface area contributed by atoms with Crippen LogP contribution in [0.15, 0.2) is 18.2 Å². The number of nitrogens with one attached hydrogen (secondary N) is 1. The van der Waals surface area contributed by atoms with Gasteiger partial charge in [-0.1, -0.05) is 26.0 Å². The van der Waals surface area contributed by atoms with Crippen molar-refractivity contribution in [2.75, 3.05) is 13.6 Å². The average Bonchev–Trinajstić information content (AvgIpc) is 2.40. The van der Waals surface area contributed by atoms with Gasteiger partial charge in [-0.25, -0.2) is 4.39 Å². The minimum absolute atomic E-state index is 0.0256. The SMILES string of the molecule is CNCC1CC(C)(C)c2c(F)cccc21. The van der Waals surface area contributed by atoms with Crippen LogP contribution < -0.4 is 5.32 Å². The fourth-order valence-electron chi connectivity index (χ4n) is 2.85. The fourth-order valence-corrected chi connectivity index (χ4v) is 2.85. The van der Waals surface area contributed by atoms with E-state index in [1.165, 1.54) is 5.56 Å². The summed E-state index contributed by atoms with van der Waals surface area (Å²) in [6, 6.07) is 5.45. The third-order valence-electron chi connectivity index (χ3n) is 3.37. The summed E-state index contributed by atoms with van der Waals surface area (Å²) in [6.07, 6.45) is 1.03. The maximum Gasteiger partial charge on any atom is 0.127 e. The molecule has 1 aromatic rings. The predicted molar refractivity (Wildman–Crippen MR) is 60.7 cm³/mol. The monoisotopic (exact) mass is 207 g/mol. The number of fused-ring (bicyclic) bond motifs is 1. The number of rotatable bonds is 2. The van der Waals surface area contributed by atoms with Gasteiger partial charge < -0.3 is 5.32 Å². The molecule has 0 fully saturated rings. The fraction of sp³-hybridized carbons (Fsp3) is 0.538. The quantitative estimate of drug-likeness (QED) is 0.786. The van der Waals surface area contributed by atoms with E-state index in [2.05, 4.69) is 25.2 Å². The van der Waals surface area contributed by atoms with Crippen LogP contribution >= 0.6 is 0 Å². The molecule has 0 radical (unpaired) electrons. The van der Waals surface area contributed by atoms with Gasteiger partial charge in [-0.15, -0.1) is 0 Å². The molecule has 0 spiro atoms. The van der Waals surface area contributed by atoms with Crippen molar-refractivity contribution in [2.45, 2.75) is 31.6 Å². The maximum atomic E-state index is 13.8. The van der Waals surface area contributed by atoms with Gasteiger partial charge >= 0.3 is 0 Å². The second-order valence-electron chi connectivity index (χ2n) is 5.05. The largest absolute Gasteiger partial charge is 0.319 e. The molecule has 1 aliphatic rings. The third-order valence-corrected chi connectivity index (χ3v) is 3.37. The molecule has 1 aliphatic carbocycles. The zero-order valence-electron chi connectivity index (χ0n) is 9.60. The molecule has 2 rings (SSSR count). The van der Waals surface area contributed by atoms with Crippen molar-refractivity contribution >= 4 is 0 Å². The van der Waals surface area contributed by atoms with Crippen molar-refractivity contribution in [3.05, 3.63) is 35.1 Å². The summed E-state index contributed by atoms with van der Waals surface area (Å²) in [4.78, 5) is 0. The van der Waals surface area contributed by atoms with Crippen LogP contribution in [0.5, 0.6) is 0 Å². The first-order valence-electron chi connectivity index (χ1n) is 5.50. The molecule has 15 heavy (non-hydrogen) atoms. The molecule has 0 heterocycles. The Morgan fingerprint density at radius 1 is 1.47 bits per heavy atom. The van der Waals surface area contributed by atoms with Crippen LogP contribution in [0, 0.1) is 5.82 Å². The topological polar surface area (TPSA) is 12.0 Å². The first-order valence-corrected chi connectivity index (χ1v) is 5.50. The Balaban J connectivity index is 2.48. The molecular weight excluding hydrogens is 189 g/mol. The lowest BCUT2D eigenvalue weighted by Crippen LogP contribution is -2.18. The Morgan fingerprint density at radius 2 is 2.20 bits per heavy atom.